The highest BCUT2D eigenvalue weighted by Gasteiger charge is 2.46. The van der Waals surface area contributed by atoms with Crippen molar-refractivity contribution < 1.29 is 0 Å². The standard InChI is InChI=1S/C56H45N5/c1-3-11-46(12-4-1)56(47-13-5-2-6-14-47)50-16-8-7-15-48(50)49-30-29-44(35-51(49)56)38-17-21-40(22-18-38)52-36-45(39-19-25-42(26-20-39)54-57-31-9-32-58-54)37-53(61-52)41-23-27-43(28-24-41)55-59-33-10-34-60-55/h1-8,10-19,21-23,25,27-31,33-37,41,54,58H,9,20,24,26,32H2/t41-,54?/m0/s1. The molecule has 61 heavy (non-hydrogen) atoms. The Hall–Kier alpha value is -7.08. The van der Waals surface area contributed by atoms with E-state index in [1.54, 1.807) is 12.4 Å². The summed E-state index contributed by atoms with van der Waals surface area (Å²) in [7, 11) is 0. The SMILES string of the molecule is C1=C[C@H](c2cc(C3=CC=C(C4N=CCCN4)CC3)cc(-c3ccc(-c4ccc5c(c4)C(c4ccccc4)(c4ccccc4)c4ccccc4-5)cc3)n2)CC=C1c1ncccn1. The molecule has 1 N–H and O–H groups in total. The molecule has 0 saturated carbocycles. The lowest BCUT2D eigenvalue weighted by Gasteiger charge is -2.34. The van der Waals surface area contributed by atoms with Crippen LogP contribution in [0.3, 0.4) is 0 Å². The van der Waals surface area contributed by atoms with Gasteiger partial charge in [0.2, 0.25) is 0 Å². The highest BCUT2D eigenvalue weighted by atomic mass is 15.1. The molecule has 3 heterocycles. The van der Waals surface area contributed by atoms with Gasteiger partial charge in [0, 0.05) is 47.9 Å². The van der Waals surface area contributed by atoms with Crippen LogP contribution in [0.15, 0.2) is 199 Å². The van der Waals surface area contributed by atoms with Crippen LogP contribution in [0.25, 0.3) is 44.7 Å². The van der Waals surface area contributed by atoms with Gasteiger partial charge in [0.05, 0.1) is 11.1 Å². The maximum atomic E-state index is 5.38. The predicted octanol–water partition coefficient (Wildman–Crippen LogP) is 12.2. The van der Waals surface area contributed by atoms with Crippen molar-refractivity contribution in [3.05, 3.63) is 233 Å². The molecule has 0 bridgehead atoms. The molecule has 2 atom stereocenters. The fourth-order valence-corrected chi connectivity index (χ4v) is 9.85. The summed E-state index contributed by atoms with van der Waals surface area (Å²) in [6.07, 6.45) is 20.8. The van der Waals surface area contributed by atoms with Crippen molar-refractivity contribution in [1.29, 1.82) is 0 Å². The Morgan fingerprint density at radius 1 is 0.607 bits per heavy atom. The Morgan fingerprint density at radius 3 is 2.03 bits per heavy atom. The van der Waals surface area contributed by atoms with Gasteiger partial charge in [-0.25, -0.2) is 9.97 Å². The number of hydrogen-bond acceptors (Lipinski definition) is 5. The molecule has 294 valence electrons. The summed E-state index contributed by atoms with van der Waals surface area (Å²) in [5.41, 5.74) is 17.8. The molecule has 0 amide bonds. The zero-order valence-corrected chi connectivity index (χ0v) is 34.0. The van der Waals surface area contributed by atoms with Crippen LogP contribution in [-0.2, 0) is 5.41 Å². The molecular formula is C56H45N5. The van der Waals surface area contributed by atoms with E-state index in [0.29, 0.717) is 0 Å². The first kappa shape index (κ1) is 37.0. The van der Waals surface area contributed by atoms with E-state index in [1.165, 1.54) is 61.2 Å². The zero-order chi connectivity index (χ0) is 40.6. The van der Waals surface area contributed by atoms with Crippen molar-refractivity contribution in [3.8, 4) is 33.5 Å². The van der Waals surface area contributed by atoms with E-state index >= 15 is 0 Å². The van der Waals surface area contributed by atoms with E-state index < -0.39 is 5.41 Å². The van der Waals surface area contributed by atoms with Gasteiger partial charge in [-0.05, 0) is 111 Å². The number of hydrogen-bond donors (Lipinski definition) is 1. The van der Waals surface area contributed by atoms with E-state index in [9.17, 15) is 0 Å². The minimum Gasteiger partial charge on any atom is -0.292 e. The quantitative estimate of drug-likeness (QED) is 0.167. The van der Waals surface area contributed by atoms with Gasteiger partial charge in [-0.2, -0.15) is 0 Å². The lowest BCUT2D eigenvalue weighted by Crippen LogP contribution is -2.33. The molecule has 0 radical (unpaired) electrons. The Kier molecular flexibility index (Phi) is 9.59. The number of allylic oxidation sites excluding steroid dienone is 7. The first-order valence-electron chi connectivity index (χ1n) is 21.5. The highest BCUT2D eigenvalue weighted by molar-refractivity contribution is 5.88. The second-order valence-corrected chi connectivity index (χ2v) is 16.4. The summed E-state index contributed by atoms with van der Waals surface area (Å²) in [4.78, 5) is 19.1. The van der Waals surface area contributed by atoms with E-state index in [4.69, 9.17) is 9.98 Å². The normalized spacial score (nSPS) is 18.7. The molecule has 2 aromatic heterocycles. The van der Waals surface area contributed by atoms with Crippen LogP contribution in [0.4, 0.5) is 0 Å². The second kappa shape index (κ2) is 15.8. The molecule has 0 spiro atoms. The molecule has 1 unspecified atom stereocenters. The van der Waals surface area contributed by atoms with E-state index in [1.807, 2.05) is 6.07 Å². The average molecular weight is 788 g/mol. The van der Waals surface area contributed by atoms with Crippen LogP contribution in [0.5, 0.6) is 0 Å². The third-order valence-electron chi connectivity index (χ3n) is 12.9. The predicted molar refractivity (Wildman–Crippen MR) is 249 cm³/mol. The van der Waals surface area contributed by atoms with Crippen molar-refractivity contribution in [3.63, 3.8) is 0 Å². The van der Waals surface area contributed by atoms with Gasteiger partial charge in [-0.3, -0.25) is 15.3 Å². The number of fused-ring (bicyclic) bond motifs is 3. The summed E-state index contributed by atoms with van der Waals surface area (Å²) in [5.74, 6) is 0.900. The summed E-state index contributed by atoms with van der Waals surface area (Å²) < 4.78 is 0. The van der Waals surface area contributed by atoms with Crippen molar-refractivity contribution in [1.82, 2.24) is 20.3 Å². The molecule has 5 heteroatoms. The lowest BCUT2D eigenvalue weighted by atomic mass is 9.67. The van der Waals surface area contributed by atoms with Crippen LogP contribution >= 0.6 is 0 Å². The van der Waals surface area contributed by atoms with E-state index in [2.05, 4.69) is 191 Å². The minimum absolute atomic E-state index is 0.0877. The van der Waals surface area contributed by atoms with Crippen molar-refractivity contribution in [2.75, 3.05) is 6.54 Å². The van der Waals surface area contributed by atoms with Crippen LogP contribution in [0.1, 0.15) is 70.9 Å². The molecule has 0 fully saturated rings. The second-order valence-electron chi connectivity index (χ2n) is 16.4. The van der Waals surface area contributed by atoms with E-state index in [-0.39, 0.29) is 12.1 Å². The summed E-state index contributed by atoms with van der Waals surface area (Å²) in [6, 6.07) is 53.5. The Labute approximate surface area is 357 Å². The average Bonchev–Trinajstić information content (AvgIpc) is 3.65. The summed E-state index contributed by atoms with van der Waals surface area (Å²) in [6.45, 7) is 0.974. The maximum absolute atomic E-state index is 5.38. The fraction of sp³-hybridized carbons (Fsp3) is 0.143. The number of nitrogens with one attached hydrogen (secondary N) is 1. The first-order chi connectivity index (χ1) is 30.2. The third-order valence-corrected chi connectivity index (χ3v) is 12.9. The van der Waals surface area contributed by atoms with Gasteiger partial charge in [-0.1, -0.05) is 152 Å². The number of aliphatic imine (C=N–C) groups is 1. The molecule has 4 aliphatic rings. The molecule has 7 aromatic rings. The van der Waals surface area contributed by atoms with Gasteiger partial charge in [0.25, 0.3) is 0 Å². The maximum Gasteiger partial charge on any atom is 0.158 e. The first-order valence-corrected chi connectivity index (χ1v) is 21.5. The van der Waals surface area contributed by atoms with Crippen molar-refractivity contribution >= 4 is 17.4 Å². The minimum atomic E-state index is -0.438. The van der Waals surface area contributed by atoms with Gasteiger partial charge >= 0.3 is 0 Å². The molecule has 1 aliphatic heterocycles. The fourth-order valence-electron chi connectivity index (χ4n) is 9.85. The largest absolute Gasteiger partial charge is 0.292 e. The molecule has 5 nitrogen and oxygen atoms in total. The number of nitrogens with zero attached hydrogens (tertiary/aromatic N) is 4. The van der Waals surface area contributed by atoms with Crippen molar-refractivity contribution in [2.45, 2.75) is 43.2 Å². The smallest absolute Gasteiger partial charge is 0.158 e. The Morgan fingerprint density at radius 2 is 1.33 bits per heavy atom. The number of pyridine rings is 1. The molecule has 11 rings (SSSR count). The Balaban J connectivity index is 0.968. The number of rotatable bonds is 8. The molecule has 3 aliphatic carbocycles. The van der Waals surface area contributed by atoms with Crippen LogP contribution < -0.4 is 5.32 Å². The molecule has 0 saturated heterocycles. The summed E-state index contributed by atoms with van der Waals surface area (Å²) >= 11 is 0. The summed E-state index contributed by atoms with van der Waals surface area (Å²) in [5, 5.41) is 3.57. The van der Waals surface area contributed by atoms with Gasteiger partial charge in [-0.15, -0.1) is 0 Å². The Bertz CT molecular complexity index is 2870. The van der Waals surface area contributed by atoms with Gasteiger partial charge in [0.15, 0.2) is 5.82 Å². The number of benzene rings is 5. The molecule has 5 aromatic carbocycles. The lowest BCUT2D eigenvalue weighted by molar-refractivity contribution is 0.565. The van der Waals surface area contributed by atoms with Gasteiger partial charge < -0.3 is 0 Å². The molecular weight excluding hydrogens is 743 g/mol. The third kappa shape index (κ3) is 6.72. The monoisotopic (exact) mass is 787 g/mol. The van der Waals surface area contributed by atoms with Crippen LogP contribution in [0, 0.1) is 0 Å². The van der Waals surface area contributed by atoms with E-state index in [0.717, 1.165) is 60.6 Å². The van der Waals surface area contributed by atoms with Crippen LogP contribution in [0.2, 0.25) is 0 Å². The zero-order valence-electron chi connectivity index (χ0n) is 34.0. The van der Waals surface area contributed by atoms with Crippen LogP contribution in [-0.4, -0.2) is 33.9 Å². The van der Waals surface area contributed by atoms with Crippen molar-refractivity contribution in [2.24, 2.45) is 4.99 Å². The topological polar surface area (TPSA) is 63.1 Å². The van der Waals surface area contributed by atoms with Gasteiger partial charge in [0.1, 0.15) is 6.17 Å². The number of aromatic nitrogens is 3. The highest BCUT2D eigenvalue weighted by Crippen LogP contribution is 2.56.